The number of amides is 2. The highest BCUT2D eigenvalue weighted by Crippen LogP contribution is 2.27. The number of nitrogens with zero attached hydrogens (tertiary/aromatic N) is 1. The van der Waals surface area contributed by atoms with Gasteiger partial charge in [-0.25, -0.2) is 0 Å². The second kappa shape index (κ2) is 8.69. The monoisotopic (exact) mass is 408 g/mol. The van der Waals surface area contributed by atoms with Crippen LogP contribution in [0.5, 0.6) is 0 Å². The van der Waals surface area contributed by atoms with Gasteiger partial charge in [0.25, 0.3) is 5.91 Å². The number of nitrogens with one attached hydrogen (secondary N) is 1. The van der Waals surface area contributed by atoms with E-state index in [1.165, 1.54) is 0 Å². The number of benzene rings is 2. The van der Waals surface area contributed by atoms with E-state index < -0.39 is 17.8 Å². The van der Waals surface area contributed by atoms with Crippen molar-refractivity contribution in [2.45, 2.75) is 41.0 Å². The van der Waals surface area contributed by atoms with Crippen molar-refractivity contribution in [1.82, 2.24) is 0 Å². The summed E-state index contributed by atoms with van der Waals surface area (Å²) >= 11 is 0. The summed E-state index contributed by atoms with van der Waals surface area (Å²) in [5.74, 6) is -1.61. The van der Waals surface area contributed by atoms with Crippen LogP contribution in [0.2, 0.25) is 0 Å². The molecule has 2 aromatic carbocycles. The van der Waals surface area contributed by atoms with Crippen molar-refractivity contribution in [3.8, 4) is 0 Å². The zero-order valence-electron chi connectivity index (χ0n) is 18.2. The summed E-state index contributed by atoms with van der Waals surface area (Å²) in [7, 11) is 0. The van der Waals surface area contributed by atoms with Crippen molar-refractivity contribution < 1.29 is 19.1 Å². The number of anilines is 2. The molecular formula is C24H28N2O4. The van der Waals surface area contributed by atoms with E-state index in [1.807, 2.05) is 65.0 Å². The van der Waals surface area contributed by atoms with Gasteiger partial charge in [-0.3, -0.25) is 14.4 Å². The third kappa shape index (κ3) is 4.70. The van der Waals surface area contributed by atoms with Crippen LogP contribution < -0.4 is 10.2 Å². The van der Waals surface area contributed by atoms with E-state index in [-0.39, 0.29) is 25.5 Å². The number of ether oxygens (including phenoxy) is 1. The minimum Gasteiger partial charge on any atom is -0.455 e. The van der Waals surface area contributed by atoms with Crippen molar-refractivity contribution in [2.24, 2.45) is 5.92 Å². The average molecular weight is 408 g/mol. The summed E-state index contributed by atoms with van der Waals surface area (Å²) < 4.78 is 5.21. The van der Waals surface area contributed by atoms with Crippen LogP contribution in [0.3, 0.4) is 0 Å². The molecule has 0 saturated carbocycles. The summed E-state index contributed by atoms with van der Waals surface area (Å²) in [6, 6.07) is 9.76. The molecule has 1 fully saturated rings. The highest BCUT2D eigenvalue weighted by atomic mass is 16.5. The van der Waals surface area contributed by atoms with Crippen LogP contribution >= 0.6 is 0 Å². The molecule has 6 heteroatoms. The first-order valence-electron chi connectivity index (χ1n) is 10.1. The number of carbonyl (C=O) groups excluding carboxylic acids is 3. The first-order valence-corrected chi connectivity index (χ1v) is 10.1. The quantitative estimate of drug-likeness (QED) is 0.765. The highest BCUT2D eigenvalue weighted by molar-refractivity contribution is 6.00. The first-order chi connectivity index (χ1) is 14.2. The molecule has 1 heterocycles. The predicted molar refractivity (Wildman–Crippen MR) is 117 cm³/mol. The molecule has 3 rings (SSSR count). The molecule has 1 aliphatic heterocycles. The Hall–Kier alpha value is -3.15. The number of aryl methyl sites for hydroxylation is 5. The smallest absolute Gasteiger partial charge is 0.311 e. The molecule has 2 amide bonds. The second-order valence-corrected chi connectivity index (χ2v) is 8.10. The fraction of sp³-hybridized carbons (Fsp3) is 0.375. The van der Waals surface area contributed by atoms with Crippen molar-refractivity contribution in [1.29, 1.82) is 0 Å². The number of hydrogen-bond acceptors (Lipinski definition) is 4. The van der Waals surface area contributed by atoms with Gasteiger partial charge in [-0.1, -0.05) is 23.8 Å². The molecule has 1 N–H and O–H groups in total. The Bertz CT molecular complexity index is 989. The van der Waals surface area contributed by atoms with Gasteiger partial charge >= 0.3 is 5.97 Å². The molecule has 1 aliphatic rings. The summed E-state index contributed by atoms with van der Waals surface area (Å²) in [5, 5.41) is 2.81. The van der Waals surface area contributed by atoms with Crippen molar-refractivity contribution in [2.75, 3.05) is 23.4 Å². The Morgan fingerprint density at radius 3 is 2.30 bits per heavy atom. The van der Waals surface area contributed by atoms with E-state index in [1.54, 1.807) is 4.90 Å². The lowest BCUT2D eigenvalue weighted by Crippen LogP contribution is -2.28. The van der Waals surface area contributed by atoms with Crippen LogP contribution in [0.25, 0.3) is 0 Å². The minimum atomic E-state index is -0.574. The van der Waals surface area contributed by atoms with E-state index in [2.05, 4.69) is 5.32 Å². The molecule has 6 nitrogen and oxygen atoms in total. The van der Waals surface area contributed by atoms with E-state index in [0.717, 1.165) is 39.2 Å². The maximum Gasteiger partial charge on any atom is 0.311 e. The molecule has 0 unspecified atom stereocenters. The van der Waals surface area contributed by atoms with Gasteiger partial charge in [-0.05, 0) is 69.0 Å². The predicted octanol–water partition coefficient (Wildman–Crippen LogP) is 3.76. The van der Waals surface area contributed by atoms with E-state index in [0.29, 0.717) is 0 Å². The number of carbonyl (C=O) groups is 3. The molecule has 0 radical (unpaired) electrons. The Labute approximate surface area is 177 Å². The van der Waals surface area contributed by atoms with E-state index in [4.69, 9.17) is 4.74 Å². The van der Waals surface area contributed by atoms with Crippen LogP contribution in [0.4, 0.5) is 11.4 Å². The number of hydrogen-bond donors (Lipinski definition) is 1. The second-order valence-electron chi connectivity index (χ2n) is 8.10. The molecular weight excluding hydrogens is 380 g/mol. The topological polar surface area (TPSA) is 75.7 Å². The number of esters is 1. The van der Waals surface area contributed by atoms with Gasteiger partial charge in [0.2, 0.25) is 5.91 Å². The molecule has 1 saturated heterocycles. The maximum absolute atomic E-state index is 12.4. The largest absolute Gasteiger partial charge is 0.455 e. The van der Waals surface area contributed by atoms with Crippen LogP contribution in [-0.2, 0) is 19.1 Å². The third-order valence-corrected chi connectivity index (χ3v) is 5.55. The molecule has 158 valence electrons. The minimum absolute atomic E-state index is 0.0869. The van der Waals surface area contributed by atoms with E-state index >= 15 is 0 Å². The Kier molecular flexibility index (Phi) is 6.25. The van der Waals surface area contributed by atoms with Gasteiger partial charge in [-0.2, -0.15) is 0 Å². The van der Waals surface area contributed by atoms with Crippen LogP contribution in [0.1, 0.15) is 34.2 Å². The normalized spacial score (nSPS) is 16.0. The molecule has 2 aromatic rings. The first kappa shape index (κ1) is 21.6. The average Bonchev–Trinajstić information content (AvgIpc) is 3.06. The van der Waals surface area contributed by atoms with Gasteiger partial charge in [0.1, 0.15) is 0 Å². The third-order valence-electron chi connectivity index (χ3n) is 5.55. The molecule has 0 spiro atoms. The molecule has 30 heavy (non-hydrogen) atoms. The lowest BCUT2D eigenvalue weighted by molar-refractivity contribution is -0.151. The highest BCUT2D eigenvalue weighted by Gasteiger charge is 2.36. The van der Waals surface area contributed by atoms with Crippen molar-refractivity contribution in [3.63, 3.8) is 0 Å². The van der Waals surface area contributed by atoms with Crippen molar-refractivity contribution in [3.05, 3.63) is 58.1 Å². The lowest BCUT2D eigenvalue weighted by Gasteiger charge is -2.18. The van der Waals surface area contributed by atoms with Gasteiger partial charge in [0, 0.05) is 24.3 Å². The standard InChI is InChI=1S/C24H28N2O4/c1-14-8-17(4)23(18(5)9-14)25-21(27)13-30-24(29)19-11-22(28)26(12-19)20-7-6-15(2)16(3)10-20/h6-10,19H,11-13H2,1-5H3,(H,25,27)/t19-/m1/s1. The summed E-state index contributed by atoms with van der Waals surface area (Å²) in [4.78, 5) is 38.7. The molecule has 0 bridgehead atoms. The summed E-state index contributed by atoms with van der Waals surface area (Å²) in [5.41, 5.74) is 6.78. The van der Waals surface area contributed by atoms with Gasteiger partial charge in [0.15, 0.2) is 6.61 Å². The molecule has 0 aliphatic carbocycles. The lowest BCUT2D eigenvalue weighted by atomic mass is 10.1. The SMILES string of the molecule is Cc1cc(C)c(NC(=O)COC(=O)[C@@H]2CC(=O)N(c3ccc(C)c(C)c3)C2)c(C)c1. The van der Waals surface area contributed by atoms with Gasteiger partial charge < -0.3 is 15.0 Å². The van der Waals surface area contributed by atoms with Crippen LogP contribution in [0, 0.1) is 40.5 Å². The van der Waals surface area contributed by atoms with Crippen LogP contribution in [0.15, 0.2) is 30.3 Å². The summed E-state index contributed by atoms with van der Waals surface area (Å²) in [6.07, 6.45) is 0.0869. The Balaban J connectivity index is 1.57. The van der Waals surface area contributed by atoms with Gasteiger partial charge in [-0.15, -0.1) is 0 Å². The van der Waals surface area contributed by atoms with Crippen molar-refractivity contribution >= 4 is 29.2 Å². The van der Waals surface area contributed by atoms with E-state index in [9.17, 15) is 14.4 Å². The van der Waals surface area contributed by atoms with Gasteiger partial charge in [0.05, 0.1) is 5.92 Å². The summed E-state index contributed by atoms with van der Waals surface area (Å²) in [6.45, 7) is 9.73. The Morgan fingerprint density at radius 1 is 1.00 bits per heavy atom. The van der Waals surface area contributed by atoms with Crippen LogP contribution in [-0.4, -0.2) is 30.9 Å². The fourth-order valence-electron chi connectivity index (χ4n) is 3.82. The molecule has 0 aromatic heterocycles. The fourth-order valence-corrected chi connectivity index (χ4v) is 3.82. The zero-order valence-corrected chi connectivity index (χ0v) is 18.2. The zero-order chi connectivity index (χ0) is 22.0. The number of rotatable bonds is 5. The molecule has 1 atom stereocenters. The Morgan fingerprint density at radius 2 is 1.67 bits per heavy atom. The maximum atomic E-state index is 12.4.